The van der Waals surface area contributed by atoms with Gasteiger partial charge >= 0.3 is 0 Å². The van der Waals surface area contributed by atoms with E-state index in [9.17, 15) is 4.79 Å². The minimum Gasteiger partial charge on any atom is -0.352 e. The maximum atomic E-state index is 12.4. The van der Waals surface area contributed by atoms with E-state index in [0.717, 1.165) is 18.9 Å². The number of nitrogens with zero attached hydrogens (tertiary/aromatic N) is 4. The number of carbonyl (C=O) groups excluding carboxylic acids is 1. The number of nitrogens with one attached hydrogen (secondary N) is 1. The molecule has 0 spiro atoms. The summed E-state index contributed by atoms with van der Waals surface area (Å²) in [5.74, 6) is 0.737. The molecule has 6 nitrogen and oxygen atoms in total. The maximum absolute atomic E-state index is 12.4. The summed E-state index contributed by atoms with van der Waals surface area (Å²) in [6.45, 7) is 4.45. The number of amides is 1. The first-order chi connectivity index (χ1) is 12.7. The maximum Gasteiger partial charge on any atom is 0.255 e. The van der Waals surface area contributed by atoms with Crippen LogP contribution in [0.5, 0.6) is 0 Å². The molecule has 7 heteroatoms. The van der Waals surface area contributed by atoms with Crippen LogP contribution in [0.25, 0.3) is 0 Å². The minimum absolute atomic E-state index is 0. The highest BCUT2D eigenvalue weighted by atomic mass is 35.5. The van der Waals surface area contributed by atoms with E-state index in [2.05, 4.69) is 20.1 Å². The number of piperidine rings is 1. The lowest BCUT2D eigenvalue weighted by molar-refractivity contribution is 0.102. The third kappa shape index (κ3) is 4.21. The molecule has 1 amide bonds. The van der Waals surface area contributed by atoms with Crippen molar-refractivity contribution >= 4 is 29.8 Å². The van der Waals surface area contributed by atoms with Gasteiger partial charge in [-0.3, -0.25) is 4.79 Å². The molecule has 0 radical (unpaired) electrons. The average molecular weight is 384 g/mol. The molecule has 0 atom stereocenters. The van der Waals surface area contributed by atoms with Crippen LogP contribution in [0.3, 0.4) is 0 Å². The van der Waals surface area contributed by atoms with E-state index < -0.39 is 0 Å². The van der Waals surface area contributed by atoms with Crippen molar-refractivity contribution in [3.8, 4) is 6.07 Å². The predicted molar refractivity (Wildman–Crippen MR) is 107 cm³/mol. The molecular weight excluding hydrogens is 362 g/mol. The monoisotopic (exact) mass is 383 g/mol. The van der Waals surface area contributed by atoms with Crippen LogP contribution in [0, 0.1) is 11.3 Å². The number of pyridine rings is 1. The number of fused-ring (bicyclic) bond motifs is 4. The van der Waals surface area contributed by atoms with Crippen LogP contribution in [0.15, 0.2) is 42.6 Å². The van der Waals surface area contributed by atoms with E-state index in [1.54, 1.807) is 30.5 Å². The summed E-state index contributed by atoms with van der Waals surface area (Å²) in [5.41, 5.74) is 1.59. The summed E-state index contributed by atoms with van der Waals surface area (Å²) >= 11 is 0. The second kappa shape index (κ2) is 8.38. The molecule has 1 N–H and O–H groups in total. The number of aromatic nitrogens is 1. The van der Waals surface area contributed by atoms with Crippen LogP contribution in [-0.2, 0) is 0 Å². The Morgan fingerprint density at radius 1 is 1.15 bits per heavy atom. The Balaban J connectivity index is 0.00000210. The van der Waals surface area contributed by atoms with Gasteiger partial charge in [0.05, 0.1) is 23.5 Å². The molecule has 27 heavy (non-hydrogen) atoms. The summed E-state index contributed by atoms with van der Waals surface area (Å²) in [5, 5.41) is 11.8. The Hall–Kier alpha value is -2.62. The molecule has 5 rings (SSSR count). The van der Waals surface area contributed by atoms with Crippen molar-refractivity contribution < 1.29 is 4.79 Å². The third-order valence-corrected chi connectivity index (χ3v) is 5.21. The highest BCUT2D eigenvalue weighted by Gasteiger charge is 2.29. The van der Waals surface area contributed by atoms with Crippen molar-refractivity contribution in [3.05, 3.63) is 53.7 Å². The Kier molecular flexibility index (Phi) is 5.94. The Morgan fingerprint density at radius 2 is 1.96 bits per heavy atom. The molecular formula is C20H22ClN5O. The van der Waals surface area contributed by atoms with Gasteiger partial charge in [0.15, 0.2) is 0 Å². The molecule has 1 aromatic heterocycles. The second-order valence-electron chi connectivity index (χ2n) is 6.82. The van der Waals surface area contributed by atoms with Gasteiger partial charge in [-0.15, -0.1) is 12.4 Å². The summed E-state index contributed by atoms with van der Waals surface area (Å²) in [4.78, 5) is 21.8. The van der Waals surface area contributed by atoms with Crippen LogP contribution in [-0.4, -0.2) is 48.0 Å². The van der Waals surface area contributed by atoms with Gasteiger partial charge in [0.25, 0.3) is 5.91 Å². The number of hydrogen-bond acceptors (Lipinski definition) is 5. The summed E-state index contributed by atoms with van der Waals surface area (Å²) in [7, 11) is 0. The normalized spacial score (nSPS) is 20.9. The van der Waals surface area contributed by atoms with Gasteiger partial charge in [-0.25, -0.2) is 4.98 Å². The quantitative estimate of drug-likeness (QED) is 0.882. The van der Waals surface area contributed by atoms with Crippen molar-refractivity contribution in [2.45, 2.75) is 18.9 Å². The lowest BCUT2D eigenvalue weighted by Gasteiger charge is -2.32. The molecule has 3 saturated heterocycles. The number of nitriles is 1. The molecule has 140 valence electrons. The Bertz CT molecular complexity index is 840. The second-order valence-corrected chi connectivity index (χ2v) is 6.82. The first-order valence-electron chi connectivity index (χ1n) is 8.99. The molecule has 3 fully saturated rings. The average Bonchev–Trinajstić information content (AvgIpc) is 3.02. The molecule has 4 heterocycles. The van der Waals surface area contributed by atoms with Gasteiger partial charge < -0.3 is 15.1 Å². The molecule has 0 unspecified atom stereocenters. The fourth-order valence-corrected chi connectivity index (χ4v) is 3.75. The molecule has 3 aliphatic heterocycles. The number of rotatable bonds is 3. The molecule has 1 aromatic carbocycles. The van der Waals surface area contributed by atoms with Crippen LogP contribution in [0.4, 0.5) is 11.5 Å². The Morgan fingerprint density at radius 3 is 2.67 bits per heavy atom. The smallest absolute Gasteiger partial charge is 0.255 e. The minimum atomic E-state index is -0.238. The zero-order valence-electron chi connectivity index (χ0n) is 15.0. The number of benzene rings is 1. The van der Waals surface area contributed by atoms with Crippen LogP contribution in [0.2, 0.25) is 0 Å². The molecule has 2 aromatic rings. The molecule has 0 aliphatic carbocycles. The van der Waals surface area contributed by atoms with Gasteiger partial charge in [0.2, 0.25) is 0 Å². The summed E-state index contributed by atoms with van der Waals surface area (Å²) < 4.78 is 0. The highest BCUT2D eigenvalue weighted by Crippen LogP contribution is 2.26. The lowest BCUT2D eigenvalue weighted by atomic mass is 10.1. The summed E-state index contributed by atoms with van der Waals surface area (Å²) in [6, 6.07) is 13.2. The predicted octanol–water partition coefficient (Wildman–Crippen LogP) is 2.91. The van der Waals surface area contributed by atoms with E-state index in [4.69, 9.17) is 5.26 Å². The third-order valence-electron chi connectivity index (χ3n) is 5.21. The molecule has 0 saturated carbocycles. The van der Waals surface area contributed by atoms with Crippen molar-refractivity contribution in [2.24, 2.45) is 0 Å². The number of hydrogen-bond donors (Lipinski definition) is 1. The fourth-order valence-electron chi connectivity index (χ4n) is 3.75. The topological polar surface area (TPSA) is 72.3 Å². The largest absolute Gasteiger partial charge is 0.352 e. The first-order valence-corrected chi connectivity index (χ1v) is 8.99. The van der Waals surface area contributed by atoms with Gasteiger partial charge in [0, 0.05) is 37.8 Å². The SMILES string of the molecule is Cl.N#Cc1cccc(C(=O)Nc2ccc(N3CCN4CCC3CC4)nc2)c1. The van der Waals surface area contributed by atoms with E-state index in [1.807, 2.05) is 18.2 Å². The number of halogens is 1. The van der Waals surface area contributed by atoms with Crippen LogP contribution in [0.1, 0.15) is 28.8 Å². The number of anilines is 2. The standard InChI is InChI=1S/C20H21N5O.ClH/c21-13-15-2-1-3-16(12-15)20(26)23-17-4-5-19(22-14-17)25-11-10-24-8-6-18(25)7-9-24;/h1-5,12,14,18H,6-11H2,(H,23,26);1H. The van der Waals surface area contributed by atoms with E-state index in [-0.39, 0.29) is 18.3 Å². The highest BCUT2D eigenvalue weighted by molar-refractivity contribution is 6.04. The van der Waals surface area contributed by atoms with E-state index >= 15 is 0 Å². The first kappa shape index (κ1) is 19.2. The van der Waals surface area contributed by atoms with Gasteiger partial charge in [-0.2, -0.15) is 5.26 Å². The lowest BCUT2D eigenvalue weighted by Crippen LogP contribution is -2.38. The summed E-state index contributed by atoms with van der Waals surface area (Å²) in [6.07, 6.45) is 4.09. The van der Waals surface area contributed by atoms with Gasteiger partial charge in [-0.05, 0) is 43.2 Å². The molecule has 2 bridgehead atoms. The van der Waals surface area contributed by atoms with E-state index in [1.165, 1.54) is 25.9 Å². The Labute approximate surface area is 165 Å². The van der Waals surface area contributed by atoms with Gasteiger partial charge in [-0.1, -0.05) is 6.07 Å². The van der Waals surface area contributed by atoms with Crippen molar-refractivity contribution in [1.82, 2.24) is 9.88 Å². The van der Waals surface area contributed by atoms with Crippen molar-refractivity contribution in [3.63, 3.8) is 0 Å². The van der Waals surface area contributed by atoms with Crippen molar-refractivity contribution in [2.75, 3.05) is 36.4 Å². The van der Waals surface area contributed by atoms with Crippen LogP contribution >= 0.6 is 12.4 Å². The zero-order valence-corrected chi connectivity index (χ0v) is 15.8. The van der Waals surface area contributed by atoms with Gasteiger partial charge in [0.1, 0.15) is 5.82 Å². The van der Waals surface area contributed by atoms with Crippen molar-refractivity contribution in [1.29, 1.82) is 5.26 Å². The van der Waals surface area contributed by atoms with Crippen LogP contribution < -0.4 is 10.2 Å². The number of carbonyl (C=O) groups is 1. The molecule has 3 aliphatic rings. The van der Waals surface area contributed by atoms with E-state index in [0.29, 0.717) is 22.9 Å². The zero-order chi connectivity index (χ0) is 17.9. The fraction of sp³-hybridized carbons (Fsp3) is 0.350.